The zero-order valence-corrected chi connectivity index (χ0v) is 17.6. The summed E-state index contributed by atoms with van der Waals surface area (Å²) in [5.41, 5.74) is 1.88. The number of aliphatic hydroxyl groups excluding tert-OH is 1. The fourth-order valence-corrected chi connectivity index (χ4v) is 4.82. The highest BCUT2D eigenvalue weighted by molar-refractivity contribution is 7.22. The Morgan fingerprint density at radius 1 is 0.935 bits per heavy atom. The number of halogens is 1. The SMILES string of the molecule is O=C1C(=O)N(c2nc3ccccc3s2)[C@H](c2ccc(Cl)cc2)C1=C(O)c1ccccc1. The van der Waals surface area contributed by atoms with Gasteiger partial charge in [0.2, 0.25) is 0 Å². The highest BCUT2D eigenvalue weighted by Gasteiger charge is 2.48. The van der Waals surface area contributed by atoms with Gasteiger partial charge in [0.15, 0.2) is 5.13 Å². The molecule has 1 fully saturated rings. The van der Waals surface area contributed by atoms with E-state index in [1.165, 1.54) is 16.2 Å². The second kappa shape index (κ2) is 7.65. The smallest absolute Gasteiger partial charge is 0.301 e. The zero-order valence-electron chi connectivity index (χ0n) is 16.0. The molecule has 1 aliphatic rings. The van der Waals surface area contributed by atoms with Crippen LogP contribution in [0.25, 0.3) is 16.0 Å². The number of thiazole rings is 1. The van der Waals surface area contributed by atoms with Crippen LogP contribution in [0.3, 0.4) is 0 Å². The van der Waals surface area contributed by atoms with Gasteiger partial charge in [0.1, 0.15) is 5.76 Å². The Morgan fingerprint density at radius 3 is 2.32 bits per heavy atom. The number of rotatable bonds is 3. The van der Waals surface area contributed by atoms with Crippen LogP contribution in [-0.4, -0.2) is 21.8 Å². The van der Waals surface area contributed by atoms with E-state index in [4.69, 9.17) is 11.6 Å². The number of aromatic nitrogens is 1. The van der Waals surface area contributed by atoms with Gasteiger partial charge < -0.3 is 5.11 Å². The standard InChI is InChI=1S/C24H15ClN2O3S/c25-16-12-10-14(11-13-16)20-19(21(28)15-6-2-1-3-7-15)22(29)23(30)27(20)24-26-17-8-4-5-9-18(17)31-24/h1-13,20,28H/t20-/m1/s1. The van der Waals surface area contributed by atoms with E-state index in [0.29, 0.717) is 21.3 Å². The molecule has 0 radical (unpaired) electrons. The molecule has 1 amide bonds. The topological polar surface area (TPSA) is 70.5 Å². The number of hydrogen-bond acceptors (Lipinski definition) is 5. The van der Waals surface area contributed by atoms with Crippen LogP contribution < -0.4 is 4.90 Å². The number of anilines is 1. The van der Waals surface area contributed by atoms with Crippen molar-refractivity contribution in [1.82, 2.24) is 4.98 Å². The summed E-state index contributed by atoms with van der Waals surface area (Å²) in [6.07, 6.45) is 0. The molecule has 0 aliphatic carbocycles. The van der Waals surface area contributed by atoms with Gasteiger partial charge in [-0.1, -0.05) is 77.5 Å². The average Bonchev–Trinajstić information content (AvgIpc) is 3.33. The molecule has 1 saturated heterocycles. The molecular weight excluding hydrogens is 432 g/mol. The minimum Gasteiger partial charge on any atom is -0.507 e. The summed E-state index contributed by atoms with van der Waals surface area (Å²) in [4.78, 5) is 32.2. The molecule has 1 N–H and O–H groups in total. The Bertz CT molecular complexity index is 1310. The van der Waals surface area contributed by atoms with Crippen molar-refractivity contribution in [3.63, 3.8) is 0 Å². The van der Waals surface area contributed by atoms with E-state index in [1.54, 1.807) is 48.5 Å². The molecule has 152 valence electrons. The number of aliphatic hydroxyl groups is 1. The largest absolute Gasteiger partial charge is 0.507 e. The number of nitrogens with zero attached hydrogens (tertiary/aromatic N) is 2. The van der Waals surface area contributed by atoms with Crippen LogP contribution in [0, 0.1) is 0 Å². The van der Waals surface area contributed by atoms with Crippen LogP contribution in [0.15, 0.2) is 84.4 Å². The third-order valence-corrected chi connectivity index (χ3v) is 6.45. The first-order chi connectivity index (χ1) is 15.0. The summed E-state index contributed by atoms with van der Waals surface area (Å²) in [7, 11) is 0. The Balaban J connectivity index is 1.74. The Hall–Kier alpha value is -3.48. The number of carbonyl (C=O) groups is 2. The van der Waals surface area contributed by atoms with E-state index in [0.717, 1.165) is 10.2 Å². The predicted molar refractivity (Wildman–Crippen MR) is 122 cm³/mol. The summed E-state index contributed by atoms with van der Waals surface area (Å²) in [6.45, 7) is 0. The van der Waals surface area contributed by atoms with Gasteiger partial charge in [0.25, 0.3) is 5.78 Å². The van der Waals surface area contributed by atoms with Crippen molar-refractivity contribution in [2.45, 2.75) is 6.04 Å². The Morgan fingerprint density at radius 2 is 1.61 bits per heavy atom. The lowest BCUT2D eigenvalue weighted by molar-refractivity contribution is -0.132. The van der Waals surface area contributed by atoms with Gasteiger partial charge >= 0.3 is 5.91 Å². The van der Waals surface area contributed by atoms with Crippen LogP contribution in [0.4, 0.5) is 5.13 Å². The molecule has 2 heterocycles. The fraction of sp³-hybridized carbons (Fsp3) is 0.0417. The molecule has 31 heavy (non-hydrogen) atoms. The summed E-state index contributed by atoms with van der Waals surface area (Å²) in [5.74, 6) is -1.69. The van der Waals surface area contributed by atoms with E-state index >= 15 is 0 Å². The number of amides is 1. The number of benzene rings is 3. The monoisotopic (exact) mass is 446 g/mol. The molecule has 1 aliphatic heterocycles. The van der Waals surface area contributed by atoms with Crippen LogP contribution in [0.1, 0.15) is 17.2 Å². The van der Waals surface area contributed by atoms with Gasteiger partial charge in [-0.05, 0) is 29.8 Å². The van der Waals surface area contributed by atoms with E-state index in [-0.39, 0.29) is 11.3 Å². The quantitative estimate of drug-likeness (QED) is 0.253. The second-order valence-corrected chi connectivity index (χ2v) is 8.50. The number of hydrogen-bond donors (Lipinski definition) is 1. The maximum atomic E-state index is 13.2. The van der Waals surface area contributed by atoms with Gasteiger partial charge in [0, 0.05) is 10.6 Å². The molecule has 1 atom stereocenters. The molecule has 0 saturated carbocycles. The first-order valence-corrected chi connectivity index (χ1v) is 10.7. The molecule has 0 bridgehead atoms. The molecule has 5 nitrogen and oxygen atoms in total. The van der Waals surface area contributed by atoms with Crippen molar-refractivity contribution < 1.29 is 14.7 Å². The number of ketones is 1. The number of para-hydroxylation sites is 1. The van der Waals surface area contributed by atoms with E-state index in [2.05, 4.69) is 4.98 Å². The number of carbonyl (C=O) groups excluding carboxylic acids is 2. The van der Waals surface area contributed by atoms with Crippen molar-refractivity contribution in [2.75, 3.05) is 4.90 Å². The third-order valence-electron chi connectivity index (χ3n) is 5.17. The number of fused-ring (bicyclic) bond motifs is 1. The summed E-state index contributed by atoms with van der Waals surface area (Å²) in [5, 5.41) is 12.0. The molecule has 3 aromatic carbocycles. The van der Waals surface area contributed by atoms with Crippen molar-refractivity contribution >= 4 is 55.7 Å². The maximum Gasteiger partial charge on any atom is 0.301 e. The highest BCUT2D eigenvalue weighted by atomic mass is 35.5. The van der Waals surface area contributed by atoms with Crippen molar-refractivity contribution in [1.29, 1.82) is 0 Å². The summed E-state index contributed by atoms with van der Waals surface area (Å²) in [6, 6.07) is 22.3. The first kappa shape index (κ1) is 19.5. The van der Waals surface area contributed by atoms with Gasteiger partial charge in [-0.2, -0.15) is 0 Å². The van der Waals surface area contributed by atoms with Gasteiger partial charge in [-0.3, -0.25) is 14.5 Å². The van der Waals surface area contributed by atoms with Crippen molar-refractivity contribution in [3.8, 4) is 0 Å². The molecule has 0 unspecified atom stereocenters. The molecule has 1 aromatic heterocycles. The van der Waals surface area contributed by atoms with Gasteiger partial charge in [0.05, 0.1) is 21.8 Å². The van der Waals surface area contributed by atoms with E-state index < -0.39 is 17.7 Å². The highest BCUT2D eigenvalue weighted by Crippen LogP contribution is 2.44. The van der Waals surface area contributed by atoms with Crippen molar-refractivity contribution in [3.05, 3.63) is 101 Å². The second-order valence-electron chi connectivity index (χ2n) is 7.05. The summed E-state index contributed by atoms with van der Waals surface area (Å²) < 4.78 is 0.900. The van der Waals surface area contributed by atoms with Crippen LogP contribution in [0.5, 0.6) is 0 Å². The normalized spacial score (nSPS) is 18.1. The average molecular weight is 447 g/mol. The lowest BCUT2D eigenvalue weighted by atomic mass is 9.95. The Labute approximate surface area is 186 Å². The van der Waals surface area contributed by atoms with Crippen LogP contribution in [0.2, 0.25) is 5.02 Å². The Kier molecular flexibility index (Phi) is 4.81. The molecule has 0 spiro atoms. The number of Topliss-reactive ketones (excluding diaryl/α,β-unsaturated/α-hetero) is 1. The van der Waals surface area contributed by atoms with Gasteiger partial charge in [-0.15, -0.1) is 0 Å². The van der Waals surface area contributed by atoms with Crippen LogP contribution >= 0.6 is 22.9 Å². The fourth-order valence-electron chi connectivity index (χ4n) is 3.70. The van der Waals surface area contributed by atoms with E-state index in [9.17, 15) is 14.7 Å². The first-order valence-electron chi connectivity index (χ1n) is 9.52. The summed E-state index contributed by atoms with van der Waals surface area (Å²) >= 11 is 7.38. The molecular formula is C24H15ClN2O3S. The van der Waals surface area contributed by atoms with Crippen molar-refractivity contribution in [2.24, 2.45) is 0 Å². The predicted octanol–water partition coefficient (Wildman–Crippen LogP) is 5.58. The zero-order chi connectivity index (χ0) is 21.5. The lowest BCUT2D eigenvalue weighted by Crippen LogP contribution is -2.29. The maximum absolute atomic E-state index is 13.2. The minimum atomic E-state index is -0.821. The van der Waals surface area contributed by atoms with Gasteiger partial charge in [-0.25, -0.2) is 4.98 Å². The minimum absolute atomic E-state index is 0.0257. The third kappa shape index (κ3) is 3.30. The molecule has 5 rings (SSSR count). The molecule has 7 heteroatoms. The van der Waals surface area contributed by atoms with Crippen LogP contribution in [-0.2, 0) is 9.59 Å². The lowest BCUT2D eigenvalue weighted by Gasteiger charge is -2.23. The van der Waals surface area contributed by atoms with E-state index in [1.807, 2.05) is 30.3 Å². The molecule has 4 aromatic rings.